The van der Waals surface area contributed by atoms with Crippen molar-refractivity contribution in [2.75, 3.05) is 18.0 Å². The number of fused-ring (bicyclic) bond motifs is 1. The van der Waals surface area contributed by atoms with Gasteiger partial charge in [-0.05, 0) is 47.9 Å². The monoisotopic (exact) mass is 509 g/mol. The number of halogens is 3. The molecule has 0 aliphatic heterocycles. The highest BCUT2D eigenvalue weighted by molar-refractivity contribution is 5.83. The number of aryl methyl sites for hydroxylation is 1. The molecule has 0 aliphatic rings. The Morgan fingerprint density at radius 3 is 2.46 bits per heavy atom. The van der Waals surface area contributed by atoms with Crippen molar-refractivity contribution >= 4 is 28.5 Å². The number of carbonyl (C=O) groups is 2. The van der Waals surface area contributed by atoms with Crippen molar-refractivity contribution in [3.63, 3.8) is 0 Å². The van der Waals surface area contributed by atoms with E-state index in [1.165, 1.54) is 6.07 Å². The molecule has 1 aromatic heterocycles. The average Bonchev–Trinajstić information content (AvgIpc) is 3.30. The van der Waals surface area contributed by atoms with Crippen LogP contribution in [0.25, 0.3) is 11.0 Å². The van der Waals surface area contributed by atoms with Gasteiger partial charge in [-0.1, -0.05) is 48.5 Å². The second-order valence-electron chi connectivity index (χ2n) is 8.75. The molecule has 3 aromatic carbocycles. The van der Waals surface area contributed by atoms with Crippen LogP contribution in [0.2, 0.25) is 0 Å². The number of anilines is 1. The largest absolute Gasteiger partial charge is 0.449 e. The fraction of sp³-hybridized carbons (Fsp3) is 0.222. The van der Waals surface area contributed by atoms with E-state index in [0.29, 0.717) is 5.56 Å². The molecule has 1 heterocycles. The maximum atomic E-state index is 13.3. The zero-order valence-corrected chi connectivity index (χ0v) is 20.0. The van der Waals surface area contributed by atoms with E-state index in [0.717, 1.165) is 16.8 Å². The predicted molar refractivity (Wildman–Crippen MR) is 135 cm³/mol. The number of H-pyrrole nitrogens is 1. The highest BCUT2D eigenvalue weighted by Crippen LogP contribution is 2.30. The molecule has 0 aliphatic carbocycles. The number of alkyl halides is 3. The van der Waals surface area contributed by atoms with Crippen LogP contribution < -0.4 is 16.0 Å². The summed E-state index contributed by atoms with van der Waals surface area (Å²) in [5.74, 6) is -1.89. The summed E-state index contributed by atoms with van der Waals surface area (Å²) in [6.07, 6.45) is -4.53. The Kier molecular flexibility index (Phi) is 7.47. The molecule has 7 nitrogen and oxygen atoms in total. The SMILES string of the molecule is Cc1cccc(N(CCC(N)=O)CC(=O)NC(c2ccccc2)c2ccc3nc(C(F)(F)F)[nH]c3c2)c1. The summed E-state index contributed by atoms with van der Waals surface area (Å²) in [6, 6.07) is 20.7. The first kappa shape index (κ1) is 25.7. The molecule has 192 valence electrons. The molecular weight excluding hydrogens is 483 g/mol. The summed E-state index contributed by atoms with van der Waals surface area (Å²) in [5, 5.41) is 3.00. The first-order valence-electron chi connectivity index (χ1n) is 11.6. The number of benzene rings is 3. The van der Waals surface area contributed by atoms with Gasteiger partial charge < -0.3 is 20.9 Å². The Morgan fingerprint density at radius 2 is 1.78 bits per heavy atom. The molecule has 0 saturated carbocycles. The molecule has 1 atom stereocenters. The van der Waals surface area contributed by atoms with Crippen LogP contribution in [-0.4, -0.2) is 34.9 Å². The predicted octanol–water partition coefficient (Wildman–Crippen LogP) is 4.48. The average molecular weight is 510 g/mol. The third kappa shape index (κ3) is 6.46. The van der Waals surface area contributed by atoms with E-state index in [1.807, 2.05) is 61.5 Å². The normalized spacial score (nSPS) is 12.3. The second-order valence-corrected chi connectivity index (χ2v) is 8.75. The number of aromatic amines is 1. The second kappa shape index (κ2) is 10.7. The number of aromatic nitrogens is 2. The Bertz CT molecular complexity index is 1400. The Balaban J connectivity index is 1.62. The maximum absolute atomic E-state index is 13.3. The van der Waals surface area contributed by atoms with E-state index in [2.05, 4.69) is 15.3 Å². The summed E-state index contributed by atoms with van der Waals surface area (Å²) in [5.41, 5.74) is 8.83. The number of nitrogens with two attached hydrogens (primary N) is 1. The standard InChI is InChI=1S/C27H26F3N5O2/c1-17-6-5-9-20(14-17)35(13-12-23(31)36)16-24(37)34-25(18-7-3-2-4-8-18)19-10-11-21-22(15-19)33-26(32-21)27(28,29)30/h2-11,14-15,25H,12-13,16H2,1H3,(H2,31,36)(H,32,33)(H,34,37). The van der Waals surface area contributed by atoms with Crippen molar-refractivity contribution in [3.8, 4) is 0 Å². The van der Waals surface area contributed by atoms with Crippen LogP contribution in [0.15, 0.2) is 72.8 Å². The van der Waals surface area contributed by atoms with Gasteiger partial charge in [-0.2, -0.15) is 13.2 Å². The number of amides is 2. The molecule has 0 spiro atoms. The molecular formula is C27H26F3N5O2. The lowest BCUT2D eigenvalue weighted by Crippen LogP contribution is -2.40. The number of imidazole rings is 1. The van der Waals surface area contributed by atoms with Crippen LogP contribution in [0.3, 0.4) is 0 Å². The summed E-state index contributed by atoms with van der Waals surface area (Å²) in [4.78, 5) is 32.4. The highest BCUT2D eigenvalue weighted by Gasteiger charge is 2.34. The van der Waals surface area contributed by atoms with Crippen molar-refractivity contribution in [1.82, 2.24) is 15.3 Å². The molecule has 4 rings (SSSR count). The first-order valence-corrected chi connectivity index (χ1v) is 11.6. The number of hydrogen-bond donors (Lipinski definition) is 3. The molecule has 10 heteroatoms. The van der Waals surface area contributed by atoms with Crippen molar-refractivity contribution in [2.45, 2.75) is 25.6 Å². The quantitative estimate of drug-likeness (QED) is 0.310. The topological polar surface area (TPSA) is 104 Å². The number of nitrogens with zero attached hydrogens (tertiary/aromatic N) is 2. The van der Waals surface area contributed by atoms with Gasteiger partial charge in [-0.25, -0.2) is 4.98 Å². The van der Waals surface area contributed by atoms with Crippen molar-refractivity contribution in [3.05, 3.63) is 95.3 Å². The lowest BCUT2D eigenvalue weighted by atomic mass is 9.98. The Morgan fingerprint density at radius 1 is 1.03 bits per heavy atom. The van der Waals surface area contributed by atoms with Crippen LogP contribution in [0.1, 0.15) is 35.0 Å². The fourth-order valence-corrected chi connectivity index (χ4v) is 4.09. The van der Waals surface area contributed by atoms with Crippen molar-refractivity contribution < 1.29 is 22.8 Å². The van der Waals surface area contributed by atoms with Gasteiger partial charge in [-0.3, -0.25) is 9.59 Å². The summed E-state index contributed by atoms with van der Waals surface area (Å²) in [7, 11) is 0. The summed E-state index contributed by atoms with van der Waals surface area (Å²) in [6.45, 7) is 2.13. The van der Waals surface area contributed by atoms with E-state index >= 15 is 0 Å². The number of carbonyl (C=O) groups excluding carboxylic acids is 2. The van der Waals surface area contributed by atoms with E-state index in [1.54, 1.807) is 17.0 Å². The lowest BCUT2D eigenvalue weighted by Gasteiger charge is -2.26. The minimum Gasteiger partial charge on any atom is -0.370 e. The molecule has 4 N–H and O–H groups in total. The molecule has 4 aromatic rings. The highest BCUT2D eigenvalue weighted by atomic mass is 19.4. The van der Waals surface area contributed by atoms with Gasteiger partial charge in [0.2, 0.25) is 17.6 Å². The van der Waals surface area contributed by atoms with Crippen molar-refractivity contribution in [1.29, 1.82) is 0 Å². The van der Waals surface area contributed by atoms with Crippen molar-refractivity contribution in [2.24, 2.45) is 5.73 Å². The van der Waals surface area contributed by atoms with Crippen LogP contribution >= 0.6 is 0 Å². The smallest absolute Gasteiger partial charge is 0.370 e. The van der Waals surface area contributed by atoms with Gasteiger partial charge in [-0.15, -0.1) is 0 Å². The Hall–Kier alpha value is -4.34. The number of hydrogen-bond acceptors (Lipinski definition) is 4. The van der Waals surface area contributed by atoms with Gasteiger partial charge in [0.25, 0.3) is 0 Å². The molecule has 0 radical (unpaired) electrons. The van der Waals surface area contributed by atoms with Gasteiger partial charge in [0.1, 0.15) is 0 Å². The minimum atomic E-state index is -4.60. The molecule has 0 bridgehead atoms. The van der Waals surface area contributed by atoms with Gasteiger partial charge >= 0.3 is 6.18 Å². The Labute approximate surface area is 211 Å². The summed E-state index contributed by atoms with van der Waals surface area (Å²) >= 11 is 0. The lowest BCUT2D eigenvalue weighted by molar-refractivity contribution is -0.144. The summed E-state index contributed by atoms with van der Waals surface area (Å²) < 4.78 is 39.4. The third-order valence-corrected chi connectivity index (χ3v) is 5.88. The van der Waals surface area contributed by atoms with E-state index in [-0.39, 0.29) is 36.5 Å². The number of nitrogens with one attached hydrogen (secondary N) is 2. The molecule has 2 amide bonds. The minimum absolute atomic E-state index is 0.0510. The van der Waals surface area contributed by atoms with E-state index < -0.39 is 23.9 Å². The maximum Gasteiger partial charge on any atom is 0.449 e. The van der Waals surface area contributed by atoms with Crippen LogP contribution in [0.5, 0.6) is 0 Å². The van der Waals surface area contributed by atoms with Gasteiger partial charge in [0.05, 0.1) is 23.6 Å². The number of rotatable bonds is 9. The molecule has 1 unspecified atom stereocenters. The van der Waals surface area contributed by atoms with E-state index in [9.17, 15) is 22.8 Å². The van der Waals surface area contributed by atoms with Gasteiger partial charge in [0, 0.05) is 18.7 Å². The zero-order chi connectivity index (χ0) is 26.6. The number of primary amides is 1. The van der Waals surface area contributed by atoms with Crippen LogP contribution in [-0.2, 0) is 15.8 Å². The van der Waals surface area contributed by atoms with Crippen LogP contribution in [0.4, 0.5) is 18.9 Å². The zero-order valence-electron chi connectivity index (χ0n) is 20.0. The fourth-order valence-electron chi connectivity index (χ4n) is 4.09. The van der Waals surface area contributed by atoms with Crippen LogP contribution in [0, 0.1) is 6.92 Å². The molecule has 0 saturated heterocycles. The molecule has 37 heavy (non-hydrogen) atoms. The third-order valence-electron chi connectivity index (χ3n) is 5.88. The van der Waals surface area contributed by atoms with E-state index in [4.69, 9.17) is 5.73 Å². The first-order chi connectivity index (χ1) is 17.6. The van der Waals surface area contributed by atoms with Gasteiger partial charge in [0.15, 0.2) is 0 Å². The molecule has 0 fully saturated rings.